The summed E-state index contributed by atoms with van der Waals surface area (Å²) in [4.78, 5) is 12.7. The van der Waals surface area contributed by atoms with Gasteiger partial charge in [-0.25, -0.2) is 26.7 Å². The Morgan fingerprint density at radius 1 is 1.13 bits per heavy atom. The molecule has 0 unspecified atom stereocenters. The first-order valence-corrected chi connectivity index (χ1v) is 12.4. The van der Waals surface area contributed by atoms with Crippen LogP contribution in [0, 0.1) is 5.82 Å². The van der Waals surface area contributed by atoms with Gasteiger partial charge < -0.3 is 0 Å². The standard InChI is InChI=1S/C16H18FN3O6S3.Na.H/c1-28(23,24)19-8-9-20(13(10-19)16(21)18-22)29(25,26)15-7-6-14(27-15)11-2-4-12(17)5-3-11;;/h2-7,13,22H,8-10H2,1H3,(H,18,21);;/t13-;;/m1../s1. The fourth-order valence-electron chi connectivity index (χ4n) is 2.96. The van der Waals surface area contributed by atoms with Crippen molar-refractivity contribution in [3.05, 3.63) is 42.2 Å². The summed E-state index contributed by atoms with van der Waals surface area (Å²) in [5.41, 5.74) is 2.03. The number of rotatable bonds is 5. The molecular formula is C16H19FN3NaO6S3. The van der Waals surface area contributed by atoms with E-state index in [9.17, 15) is 26.0 Å². The summed E-state index contributed by atoms with van der Waals surface area (Å²) in [7, 11) is -7.79. The van der Waals surface area contributed by atoms with Crippen LogP contribution in [0.3, 0.4) is 0 Å². The predicted octanol–water partition coefficient (Wildman–Crippen LogP) is 0.0456. The van der Waals surface area contributed by atoms with Crippen LogP contribution in [-0.2, 0) is 24.8 Å². The van der Waals surface area contributed by atoms with E-state index >= 15 is 0 Å². The zero-order valence-electron chi connectivity index (χ0n) is 15.1. The molecule has 0 radical (unpaired) electrons. The van der Waals surface area contributed by atoms with Crippen molar-refractivity contribution in [3.8, 4) is 10.4 Å². The van der Waals surface area contributed by atoms with Crippen molar-refractivity contribution in [2.45, 2.75) is 10.3 Å². The van der Waals surface area contributed by atoms with Gasteiger partial charge in [0.15, 0.2) is 0 Å². The van der Waals surface area contributed by atoms with Crippen LogP contribution in [0.1, 0.15) is 0 Å². The van der Waals surface area contributed by atoms with Gasteiger partial charge in [-0.1, -0.05) is 12.1 Å². The van der Waals surface area contributed by atoms with Gasteiger partial charge in [-0.15, -0.1) is 11.3 Å². The molecular weight excluding hydrogens is 468 g/mol. The van der Waals surface area contributed by atoms with Crippen LogP contribution in [0.15, 0.2) is 40.6 Å². The van der Waals surface area contributed by atoms with E-state index in [1.807, 2.05) is 0 Å². The first-order chi connectivity index (χ1) is 13.5. The van der Waals surface area contributed by atoms with Gasteiger partial charge in [-0.05, 0) is 29.8 Å². The molecule has 1 amide bonds. The summed E-state index contributed by atoms with van der Waals surface area (Å²) in [5.74, 6) is -1.45. The second-order valence-corrected chi connectivity index (χ2v) is 11.5. The zero-order valence-corrected chi connectivity index (χ0v) is 17.6. The Morgan fingerprint density at radius 2 is 1.77 bits per heavy atom. The molecule has 1 fully saturated rings. The molecule has 30 heavy (non-hydrogen) atoms. The van der Waals surface area contributed by atoms with Crippen molar-refractivity contribution >= 4 is 66.8 Å². The second-order valence-electron chi connectivity index (χ2n) is 6.35. The van der Waals surface area contributed by atoms with Crippen LogP contribution in [0.25, 0.3) is 10.4 Å². The molecule has 2 N–H and O–H groups in total. The molecule has 160 valence electrons. The van der Waals surface area contributed by atoms with E-state index in [2.05, 4.69) is 0 Å². The topological polar surface area (TPSA) is 124 Å². The Morgan fingerprint density at radius 3 is 2.33 bits per heavy atom. The van der Waals surface area contributed by atoms with Crippen LogP contribution >= 0.6 is 11.3 Å². The quantitative estimate of drug-likeness (QED) is 0.349. The fraction of sp³-hybridized carbons (Fsp3) is 0.312. The molecule has 9 nitrogen and oxygen atoms in total. The molecule has 1 atom stereocenters. The third-order valence-electron chi connectivity index (χ3n) is 4.45. The summed E-state index contributed by atoms with van der Waals surface area (Å²) in [6, 6.07) is 7.07. The Labute approximate surface area is 199 Å². The fourth-order valence-corrected chi connectivity index (χ4v) is 6.80. The molecule has 0 spiro atoms. The summed E-state index contributed by atoms with van der Waals surface area (Å²) in [6.45, 7) is -0.790. The van der Waals surface area contributed by atoms with Gasteiger partial charge in [0.1, 0.15) is 16.1 Å². The monoisotopic (exact) mass is 487 g/mol. The van der Waals surface area contributed by atoms with Crippen LogP contribution in [-0.4, -0.2) is 98.0 Å². The molecule has 0 saturated carbocycles. The molecule has 1 aromatic carbocycles. The number of amides is 1. The molecule has 1 aliphatic heterocycles. The van der Waals surface area contributed by atoms with Crippen LogP contribution < -0.4 is 5.48 Å². The number of benzene rings is 1. The van der Waals surface area contributed by atoms with Gasteiger partial charge in [-0.2, -0.15) is 8.61 Å². The number of hydrogen-bond donors (Lipinski definition) is 2. The Hall–Kier alpha value is -0.900. The number of hydrogen-bond acceptors (Lipinski definition) is 7. The number of nitrogens with one attached hydrogen (secondary N) is 1. The van der Waals surface area contributed by atoms with E-state index in [0.717, 1.165) is 26.2 Å². The molecule has 1 aromatic heterocycles. The summed E-state index contributed by atoms with van der Waals surface area (Å²) >= 11 is 0.942. The third kappa shape index (κ3) is 5.29. The van der Waals surface area contributed by atoms with E-state index in [0.29, 0.717) is 10.4 Å². The SMILES string of the molecule is CS(=O)(=O)N1CCN(S(=O)(=O)c2ccc(-c3ccc(F)cc3)s2)[C@@H](C(=O)NO)C1.[NaH]. The van der Waals surface area contributed by atoms with Gasteiger partial charge in [-0.3, -0.25) is 10.0 Å². The van der Waals surface area contributed by atoms with Crippen LogP contribution in [0.4, 0.5) is 4.39 Å². The second kappa shape index (κ2) is 9.71. The van der Waals surface area contributed by atoms with Gasteiger partial charge in [0, 0.05) is 24.5 Å². The van der Waals surface area contributed by atoms with Crippen LogP contribution in [0.5, 0.6) is 0 Å². The van der Waals surface area contributed by atoms with E-state index in [-0.39, 0.29) is 46.9 Å². The zero-order chi connectivity index (χ0) is 21.4. The van der Waals surface area contributed by atoms with Gasteiger partial charge in [0.25, 0.3) is 15.9 Å². The number of sulfonamides is 2. The van der Waals surface area contributed by atoms with Gasteiger partial charge in [0.05, 0.1) is 6.26 Å². The maximum atomic E-state index is 13.1. The molecule has 2 heterocycles. The van der Waals surface area contributed by atoms with E-state index in [1.165, 1.54) is 35.8 Å². The Balaban J connectivity index is 0.00000320. The van der Waals surface area contributed by atoms with Crippen molar-refractivity contribution < 1.29 is 31.2 Å². The predicted molar refractivity (Wildman–Crippen MR) is 111 cm³/mol. The van der Waals surface area contributed by atoms with Gasteiger partial charge >= 0.3 is 29.6 Å². The van der Waals surface area contributed by atoms with E-state index in [4.69, 9.17) is 5.21 Å². The normalized spacial score (nSPS) is 18.6. The number of nitrogens with zero attached hydrogens (tertiary/aromatic N) is 2. The Kier molecular flexibility index (Phi) is 8.21. The average Bonchev–Trinajstić information content (AvgIpc) is 3.18. The van der Waals surface area contributed by atoms with E-state index < -0.39 is 44.4 Å². The van der Waals surface area contributed by atoms with Crippen molar-refractivity contribution in [3.63, 3.8) is 0 Å². The average molecular weight is 488 g/mol. The number of carbonyl (C=O) groups is 1. The van der Waals surface area contributed by atoms with E-state index in [1.54, 1.807) is 6.07 Å². The number of hydroxylamine groups is 1. The molecule has 3 rings (SSSR count). The maximum absolute atomic E-state index is 13.1. The number of halogens is 1. The minimum absolute atomic E-state index is 0. The summed E-state index contributed by atoms with van der Waals surface area (Å²) in [6.07, 6.45) is 0.958. The van der Waals surface area contributed by atoms with Crippen molar-refractivity contribution in [1.82, 2.24) is 14.1 Å². The van der Waals surface area contributed by atoms with Crippen molar-refractivity contribution in [1.29, 1.82) is 0 Å². The number of piperazine rings is 1. The van der Waals surface area contributed by atoms with Gasteiger partial charge in [0.2, 0.25) is 10.0 Å². The number of carbonyl (C=O) groups excluding carboxylic acids is 1. The molecule has 0 aliphatic carbocycles. The molecule has 2 aromatic rings. The molecule has 1 saturated heterocycles. The molecule has 1 aliphatic rings. The van der Waals surface area contributed by atoms with Crippen LogP contribution in [0.2, 0.25) is 0 Å². The molecule has 0 bridgehead atoms. The summed E-state index contributed by atoms with van der Waals surface area (Å²) < 4.78 is 64.7. The first kappa shape index (κ1) is 25.4. The minimum atomic E-state index is -4.15. The summed E-state index contributed by atoms with van der Waals surface area (Å²) in [5, 5.41) is 8.99. The van der Waals surface area contributed by atoms with Crippen molar-refractivity contribution in [2.75, 3.05) is 25.9 Å². The van der Waals surface area contributed by atoms with Crippen molar-refractivity contribution in [2.24, 2.45) is 0 Å². The molecule has 14 heteroatoms. The third-order valence-corrected chi connectivity index (χ3v) is 9.23. The first-order valence-electron chi connectivity index (χ1n) is 8.31. The Bertz CT molecular complexity index is 1120. The number of thiophene rings is 1.